The Balaban J connectivity index is 0.000000238. The molecule has 0 bridgehead atoms. The third kappa shape index (κ3) is 25.1. The van der Waals surface area contributed by atoms with Crippen LogP contribution < -0.4 is 82.2 Å². The molecule has 118 heavy (non-hydrogen) atoms. The van der Waals surface area contributed by atoms with Crippen molar-refractivity contribution < 1.29 is 46.6 Å². The average molecular weight is 1670 g/mol. The highest BCUT2D eigenvalue weighted by molar-refractivity contribution is 7.68. The van der Waals surface area contributed by atoms with E-state index in [-0.39, 0.29) is 91.3 Å². The second-order valence-corrected chi connectivity index (χ2v) is 36.9. The number of ether oxygens (including phenoxy) is 6. The molecule has 0 fully saturated rings. The Bertz CT molecular complexity index is 4750. The topological polar surface area (TPSA) is 317 Å². The number of benzene rings is 4. The zero-order chi connectivity index (χ0) is 86.6. The lowest BCUT2D eigenvalue weighted by molar-refractivity contribution is 0.205. The fourth-order valence-electron chi connectivity index (χ4n) is 11.9. The van der Waals surface area contributed by atoms with Crippen LogP contribution in [0.15, 0.2) is 151 Å². The van der Waals surface area contributed by atoms with E-state index in [9.17, 15) is 37.9 Å². The summed E-state index contributed by atoms with van der Waals surface area (Å²) in [5.41, 5.74) is -0.561. The number of rotatable bonds is 40. The first-order chi connectivity index (χ1) is 56.4. The van der Waals surface area contributed by atoms with Crippen LogP contribution in [0.3, 0.4) is 0 Å². The van der Waals surface area contributed by atoms with Crippen LogP contribution in [-0.2, 0) is 48.4 Å². The maximum atomic E-state index is 14.6. The van der Waals surface area contributed by atoms with Crippen LogP contribution in [0.25, 0.3) is 22.3 Å². The van der Waals surface area contributed by atoms with E-state index < -0.39 is 60.2 Å². The predicted octanol–water partition coefficient (Wildman–Crippen LogP) is 15.2. The van der Waals surface area contributed by atoms with E-state index in [0.717, 1.165) is 78.2 Å². The minimum Gasteiger partial charge on any atom is -0.463 e. The van der Waals surface area contributed by atoms with Crippen LogP contribution in [0, 0.1) is 47.3 Å². The lowest BCUT2D eigenvalue weighted by Gasteiger charge is -2.32. The molecule has 10 rings (SSSR count). The maximum Gasteiger partial charge on any atom is 0.336 e. The molecular formula is C88H126N12O16P2. The number of hydrogen-bond acceptors (Lipinski definition) is 22. The molecular weight excluding hydrogens is 1540 g/mol. The van der Waals surface area contributed by atoms with Crippen LogP contribution in [-0.4, -0.2) is 108 Å². The molecule has 4 aromatic carbocycles. The number of allylic oxidation sites excluding steroid dienone is 1. The largest absolute Gasteiger partial charge is 0.463 e. The highest BCUT2D eigenvalue weighted by Gasteiger charge is 2.43. The standard InChI is InChI=1S/C38H39N3O7P2.C18H33N3O3.2C16H27N3O3/c1-5-25(2)22-44-36-39-37(45-23-26(3)49(42)34-20-12-8-16-30(34)28-14-6-10-18-32(28)47-49)41-38(40-36)46-24-27(4)50(43)35-21-13-9-17-31(35)29-15-7-11-19-33(29)48-50;1-7-13(4)10-19-16(22)20(11-14(5)8-2)18(24)21(17(19)23)12-15(6)9-3;1-6-9-20-14-17-15(21-10-12(4)7-2)19-16(18-14)22-11-13(5)8-3;1-6-9-17-14(20)18(10-12(4)7-2)16(22)19(15(17)21)11-13(5)8-3/h6-21,25-27H,5,22-24H2,1-4H3;13-15H,7-12H2,1-6H3;2*6,12-13H,1,7-11H2,2-5H3. The summed E-state index contributed by atoms with van der Waals surface area (Å²) in [6, 6.07) is 30.9. The van der Waals surface area contributed by atoms with Gasteiger partial charge >= 0.3 is 70.2 Å². The molecule has 644 valence electrons. The van der Waals surface area contributed by atoms with Gasteiger partial charge in [-0.3, -0.25) is 9.13 Å². The van der Waals surface area contributed by atoms with Gasteiger partial charge < -0.3 is 37.5 Å². The second kappa shape index (κ2) is 45.9. The highest BCUT2D eigenvalue weighted by atomic mass is 31.2. The van der Waals surface area contributed by atoms with Crippen LogP contribution >= 0.6 is 14.7 Å². The van der Waals surface area contributed by atoms with E-state index in [1.807, 2.05) is 180 Å². The fraction of sp³-hybridized carbons (Fsp3) is 0.545. The third-order valence-electron chi connectivity index (χ3n) is 21.5. The first kappa shape index (κ1) is 95.2. The van der Waals surface area contributed by atoms with Crippen molar-refractivity contribution in [3.63, 3.8) is 0 Å². The Morgan fingerprint density at radius 1 is 0.322 bits per heavy atom. The van der Waals surface area contributed by atoms with Gasteiger partial charge in [0.25, 0.3) is 14.7 Å². The molecule has 12 unspecified atom stereocenters. The molecule has 0 N–H and O–H groups in total. The summed E-state index contributed by atoms with van der Waals surface area (Å²) < 4.78 is 83.4. The third-order valence-corrected chi connectivity index (χ3v) is 27.1. The highest BCUT2D eigenvalue weighted by Crippen LogP contribution is 2.59. The molecule has 0 spiro atoms. The van der Waals surface area contributed by atoms with E-state index in [1.54, 1.807) is 6.08 Å². The van der Waals surface area contributed by atoms with Crippen molar-refractivity contribution in [1.82, 2.24) is 57.3 Å². The molecule has 0 radical (unpaired) electrons. The molecule has 0 aliphatic carbocycles. The van der Waals surface area contributed by atoms with Gasteiger partial charge in [0.2, 0.25) is 0 Å². The number of hydrogen-bond donors (Lipinski definition) is 0. The molecule has 4 aromatic heterocycles. The Kier molecular flexibility index (Phi) is 37.0. The number of para-hydroxylation sites is 2. The molecule has 0 saturated heterocycles. The molecule has 6 heterocycles. The molecule has 0 saturated carbocycles. The molecule has 2 aliphatic heterocycles. The Labute approximate surface area is 694 Å². The van der Waals surface area contributed by atoms with Crippen LogP contribution in [0.1, 0.15) is 176 Å². The number of fused-ring (bicyclic) bond motifs is 6. The number of aromatic nitrogens is 12. The van der Waals surface area contributed by atoms with Gasteiger partial charge in [0.05, 0.1) is 48.3 Å². The summed E-state index contributed by atoms with van der Waals surface area (Å²) in [7, 11) is -6.84. The zero-order valence-corrected chi connectivity index (χ0v) is 74.3. The van der Waals surface area contributed by atoms with E-state index >= 15 is 0 Å². The average Bonchev–Trinajstić information content (AvgIpc) is 0.753. The SMILES string of the molecule is C=CCOc1nc(OCC(C)CC)nc(OCC(C)CC)n1.C=CCn1c(=O)n(CC(C)CC)c(=O)n(CC(C)CC)c1=O.CCC(C)COc1nc(OCC(C)P2(=O)Oc3ccccc3-c3ccccc32)nc(OCC(C)P2(=O)Oc3ccccc3-c3ccccc32)n1.CCC(C)Cn1c(=O)n(CC(C)CC)c(=O)n(CC(C)CC)c1=O. The Hall–Kier alpha value is -9.94. The van der Waals surface area contributed by atoms with Crippen LogP contribution in [0.5, 0.6) is 47.6 Å². The van der Waals surface area contributed by atoms with Gasteiger partial charge in [0.1, 0.15) is 31.3 Å². The van der Waals surface area contributed by atoms with Gasteiger partial charge in [-0.1, -0.05) is 254 Å². The van der Waals surface area contributed by atoms with E-state index in [0.29, 0.717) is 93.1 Å². The van der Waals surface area contributed by atoms with Crippen molar-refractivity contribution >= 4 is 25.3 Å². The molecule has 2 aliphatic rings. The fourth-order valence-corrected chi connectivity index (χ4v) is 16.5. The van der Waals surface area contributed by atoms with E-state index in [1.165, 1.54) is 28.9 Å². The summed E-state index contributed by atoms with van der Waals surface area (Å²) in [4.78, 5) is 101. The van der Waals surface area contributed by atoms with Gasteiger partial charge in [-0.15, -0.1) is 36.5 Å². The van der Waals surface area contributed by atoms with E-state index in [2.05, 4.69) is 84.6 Å². The van der Waals surface area contributed by atoms with Crippen molar-refractivity contribution in [3.05, 3.63) is 185 Å². The van der Waals surface area contributed by atoms with E-state index in [4.69, 9.17) is 37.5 Å². The summed E-state index contributed by atoms with van der Waals surface area (Å²) in [5, 5.41) is 1.29. The molecule has 28 nitrogen and oxygen atoms in total. The van der Waals surface area contributed by atoms with Crippen molar-refractivity contribution in [2.24, 2.45) is 47.3 Å². The minimum absolute atomic E-state index is 0.0162. The van der Waals surface area contributed by atoms with Crippen molar-refractivity contribution in [2.45, 2.75) is 227 Å². The van der Waals surface area contributed by atoms with Gasteiger partial charge in [-0.25, -0.2) is 56.2 Å². The summed E-state index contributed by atoms with van der Waals surface area (Å²) in [6.45, 7) is 47.1. The first-order valence-electron chi connectivity index (χ1n) is 41.8. The van der Waals surface area contributed by atoms with Crippen molar-refractivity contribution in [2.75, 3.05) is 39.6 Å². The number of nitrogens with zero attached hydrogens (tertiary/aromatic N) is 12. The molecule has 8 aromatic rings. The maximum absolute atomic E-state index is 14.6. The van der Waals surface area contributed by atoms with Gasteiger partial charge in [0, 0.05) is 43.9 Å². The summed E-state index contributed by atoms with van der Waals surface area (Å²) >= 11 is 0. The first-order valence-corrected chi connectivity index (χ1v) is 45.2. The predicted molar refractivity (Wildman–Crippen MR) is 466 cm³/mol. The quantitative estimate of drug-likeness (QED) is 0.0254. The van der Waals surface area contributed by atoms with Gasteiger partial charge in [-0.2, -0.15) is 0 Å². The lowest BCUT2D eigenvalue weighted by Crippen LogP contribution is -2.55. The normalized spacial score (nSPS) is 16.8. The smallest absolute Gasteiger partial charge is 0.336 e. The Morgan fingerprint density at radius 2 is 0.559 bits per heavy atom. The lowest BCUT2D eigenvalue weighted by atomic mass is 10.0. The monoisotopic (exact) mass is 1670 g/mol. The van der Waals surface area contributed by atoms with Crippen molar-refractivity contribution in [1.29, 1.82) is 0 Å². The second-order valence-electron chi connectivity index (χ2n) is 31.4. The molecule has 30 heteroatoms. The van der Waals surface area contributed by atoms with Crippen LogP contribution in [0.2, 0.25) is 0 Å². The summed E-state index contributed by atoms with van der Waals surface area (Å²) in [6.07, 6.45) is 10.4. The van der Waals surface area contributed by atoms with Crippen molar-refractivity contribution in [3.8, 4) is 69.8 Å². The minimum atomic E-state index is -3.42. The van der Waals surface area contributed by atoms with Gasteiger partial charge in [-0.05, 0) is 96.6 Å². The van der Waals surface area contributed by atoms with Gasteiger partial charge in [0.15, 0.2) is 0 Å². The van der Waals surface area contributed by atoms with Crippen LogP contribution in [0.4, 0.5) is 0 Å². The summed E-state index contributed by atoms with van der Waals surface area (Å²) in [5.74, 6) is 3.27. The molecule has 0 amide bonds. The Morgan fingerprint density at radius 3 is 0.822 bits per heavy atom. The zero-order valence-electron chi connectivity index (χ0n) is 72.5. The molecule has 12 atom stereocenters.